The van der Waals surface area contributed by atoms with Crippen LogP contribution < -0.4 is 5.32 Å². The molecule has 1 atom stereocenters. The molecule has 1 aromatic heterocycles. The molecule has 1 aliphatic heterocycles. The van der Waals surface area contributed by atoms with Gasteiger partial charge >= 0.3 is 6.03 Å². The van der Waals surface area contributed by atoms with Gasteiger partial charge in [0.15, 0.2) is 0 Å². The summed E-state index contributed by atoms with van der Waals surface area (Å²) < 4.78 is 13.0. The molecule has 2 heterocycles. The number of nitrogens with zero attached hydrogens (tertiary/aromatic N) is 3. The summed E-state index contributed by atoms with van der Waals surface area (Å²) in [6.07, 6.45) is 3.14. The first-order chi connectivity index (χ1) is 14.4. The summed E-state index contributed by atoms with van der Waals surface area (Å²) in [5, 5.41) is 13.3. The number of nitrogens with one attached hydrogen (secondary N) is 1. The molecule has 1 unspecified atom stereocenters. The van der Waals surface area contributed by atoms with E-state index in [4.69, 9.17) is 0 Å². The van der Waals surface area contributed by atoms with Crippen LogP contribution in [0.5, 0.6) is 0 Å². The Morgan fingerprint density at radius 1 is 1.27 bits per heavy atom. The maximum atomic E-state index is 13.0. The van der Waals surface area contributed by atoms with Crippen molar-refractivity contribution in [2.45, 2.75) is 32.4 Å². The number of urea groups is 1. The summed E-state index contributed by atoms with van der Waals surface area (Å²) in [4.78, 5) is 20.6. The van der Waals surface area contributed by atoms with Gasteiger partial charge in [0.1, 0.15) is 5.82 Å². The largest absolute Gasteiger partial charge is 0.387 e. The normalized spacial score (nSPS) is 16.3. The van der Waals surface area contributed by atoms with Crippen LogP contribution in [0.15, 0.2) is 42.6 Å². The van der Waals surface area contributed by atoms with Crippen molar-refractivity contribution in [2.24, 2.45) is 5.92 Å². The van der Waals surface area contributed by atoms with Gasteiger partial charge in [-0.3, -0.25) is 4.98 Å². The van der Waals surface area contributed by atoms with Crippen molar-refractivity contribution in [2.75, 3.05) is 33.2 Å². The van der Waals surface area contributed by atoms with Gasteiger partial charge in [-0.2, -0.15) is 0 Å². The first-order valence-corrected chi connectivity index (χ1v) is 10.5. The van der Waals surface area contributed by atoms with Gasteiger partial charge < -0.3 is 20.2 Å². The monoisotopic (exact) mass is 414 g/mol. The Bertz CT molecular complexity index is 805. The summed E-state index contributed by atoms with van der Waals surface area (Å²) in [7, 11) is 1.82. The van der Waals surface area contributed by atoms with Gasteiger partial charge in [0, 0.05) is 26.3 Å². The Morgan fingerprint density at radius 3 is 2.60 bits per heavy atom. The molecule has 7 heteroatoms. The molecule has 1 saturated heterocycles. The van der Waals surface area contributed by atoms with E-state index in [9.17, 15) is 14.3 Å². The van der Waals surface area contributed by atoms with Gasteiger partial charge in [0.05, 0.1) is 18.3 Å². The molecule has 0 saturated carbocycles. The Hall–Kier alpha value is -2.51. The van der Waals surface area contributed by atoms with Crippen molar-refractivity contribution in [3.8, 4) is 0 Å². The number of carbonyl (C=O) groups is 1. The van der Waals surface area contributed by atoms with Gasteiger partial charge in [0.25, 0.3) is 0 Å². The minimum Gasteiger partial charge on any atom is -0.387 e. The summed E-state index contributed by atoms with van der Waals surface area (Å²) in [6.45, 7) is 5.41. The average molecular weight is 415 g/mol. The zero-order chi connectivity index (χ0) is 21.5. The van der Waals surface area contributed by atoms with E-state index in [-0.39, 0.29) is 11.8 Å². The smallest absolute Gasteiger partial charge is 0.317 e. The predicted molar refractivity (Wildman–Crippen MR) is 114 cm³/mol. The highest BCUT2D eigenvalue weighted by atomic mass is 19.1. The first kappa shape index (κ1) is 22.2. The molecule has 2 amide bonds. The van der Waals surface area contributed by atoms with Crippen LogP contribution in [-0.4, -0.2) is 59.1 Å². The lowest BCUT2D eigenvalue weighted by atomic mass is 9.95. The summed E-state index contributed by atoms with van der Waals surface area (Å²) in [6, 6.07) is 9.83. The van der Waals surface area contributed by atoms with Crippen molar-refractivity contribution in [1.82, 2.24) is 20.1 Å². The second-order valence-corrected chi connectivity index (χ2v) is 8.18. The van der Waals surface area contributed by atoms with Crippen LogP contribution in [0.4, 0.5) is 9.18 Å². The molecule has 0 bridgehead atoms. The lowest BCUT2D eigenvalue weighted by molar-refractivity contribution is 0.0847. The lowest BCUT2D eigenvalue weighted by Gasteiger charge is -2.34. The molecule has 0 radical (unpaired) electrons. The van der Waals surface area contributed by atoms with E-state index >= 15 is 0 Å². The van der Waals surface area contributed by atoms with Crippen molar-refractivity contribution < 1.29 is 14.3 Å². The van der Waals surface area contributed by atoms with E-state index in [1.807, 2.05) is 26.1 Å². The molecule has 30 heavy (non-hydrogen) atoms. The molecule has 1 aliphatic rings. The van der Waals surface area contributed by atoms with Crippen LogP contribution >= 0.6 is 0 Å². The highest BCUT2D eigenvalue weighted by Crippen LogP contribution is 2.21. The van der Waals surface area contributed by atoms with E-state index in [1.54, 1.807) is 23.2 Å². The number of hydrogen-bond donors (Lipinski definition) is 2. The maximum Gasteiger partial charge on any atom is 0.317 e. The fraction of sp³-hybridized carbons (Fsp3) is 0.478. The van der Waals surface area contributed by atoms with Crippen LogP contribution in [0.25, 0.3) is 0 Å². The topological polar surface area (TPSA) is 68.7 Å². The zero-order valence-corrected chi connectivity index (χ0v) is 17.7. The number of piperidine rings is 1. The van der Waals surface area contributed by atoms with Crippen molar-refractivity contribution in [3.63, 3.8) is 0 Å². The second kappa shape index (κ2) is 10.5. The van der Waals surface area contributed by atoms with E-state index in [1.165, 1.54) is 12.1 Å². The van der Waals surface area contributed by atoms with Gasteiger partial charge in [-0.1, -0.05) is 18.2 Å². The third-order valence-corrected chi connectivity index (χ3v) is 5.67. The first-order valence-electron chi connectivity index (χ1n) is 10.5. The predicted octanol–water partition coefficient (Wildman–Crippen LogP) is 3.12. The van der Waals surface area contributed by atoms with Gasteiger partial charge in [-0.15, -0.1) is 0 Å². The van der Waals surface area contributed by atoms with E-state index in [0.29, 0.717) is 25.6 Å². The molecule has 1 aromatic carbocycles. The summed E-state index contributed by atoms with van der Waals surface area (Å²) >= 11 is 0. The standard InChI is InChI=1S/C23H31FN4O2/c1-17-3-8-21(25-13-17)14-26-23(30)27(2)15-18-9-11-28(12-10-18)16-22(29)19-4-6-20(24)7-5-19/h3-8,13,18,22,29H,9-12,14-16H2,1-2H3,(H,26,30). The number of carbonyl (C=O) groups excluding carboxylic acids is 1. The second-order valence-electron chi connectivity index (χ2n) is 8.18. The molecule has 2 aromatic rings. The fourth-order valence-electron chi connectivity index (χ4n) is 3.76. The Morgan fingerprint density at radius 2 is 1.97 bits per heavy atom. The molecular formula is C23H31FN4O2. The number of aryl methyl sites for hydroxylation is 1. The van der Waals surface area contributed by atoms with Crippen molar-refractivity contribution in [1.29, 1.82) is 0 Å². The number of pyridine rings is 1. The maximum absolute atomic E-state index is 13.0. The molecule has 0 aliphatic carbocycles. The Kier molecular flexibility index (Phi) is 7.76. The fourth-order valence-corrected chi connectivity index (χ4v) is 3.76. The van der Waals surface area contributed by atoms with Crippen LogP contribution in [0.3, 0.4) is 0 Å². The minimum atomic E-state index is -0.619. The van der Waals surface area contributed by atoms with Crippen molar-refractivity contribution >= 4 is 6.03 Å². The van der Waals surface area contributed by atoms with Crippen LogP contribution in [0.1, 0.15) is 35.8 Å². The number of aliphatic hydroxyl groups is 1. The quantitative estimate of drug-likeness (QED) is 0.731. The number of halogens is 1. The van der Waals surface area contributed by atoms with Crippen LogP contribution in [0.2, 0.25) is 0 Å². The third-order valence-electron chi connectivity index (χ3n) is 5.67. The SMILES string of the molecule is Cc1ccc(CNC(=O)N(C)CC2CCN(CC(O)c3ccc(F)cc3)CC2)nc1. The Labute approximate surface area is 177 Å². The molecular weight excluding hydrogens is 383 g/mol. The van der Waals surface area contributed by atoms with E-state index in [0.717, 1.165) is 42.8 Å². The number of aromatic nitrogens is 1. The third kappa shape index (κ3) is 6.50. The number of amides is 2. The number of aliphatic hydroxyl groups excluding tert-OH is 1. The molecule has 3 rings (SSSR count). The molecule has 162 valence electrons. The van der Waals surface area contributed by atoms with Gasteiger partial charge in [-0.05, 0) is 68.1 Å². The molecule has 1 fully saturated rings. The Balaban J connectivity index is 1.37. The van der Waals surface area contributed by atoms with Crippen LogP contribution in [0, 0.1) is 18.7 Å². The number of benzene rings is 1. The lowest BCUT2D eigenvalue weighted by Crippen LogP contribution is -2.43. The van der Waals surface area contributed by atoms with E-state index in [2.05, 4.69) is 15.2 Å². The van der Waals surface area contributed by atoms with Crippen molar-refractivity contribution in [3.05, 3.63) is 65.2 Å². The highest BCUT2D eigenvalue weighted by Gasteiger charge is 2.23. The highest BCUT2D eigenvalue weighted by molar-refractivity contribution is 5.73. The minimum absolute atomic E-state index is 0.0912. The zero-order valence-electron chi connectivity index (χ0n) is 17.7. The van der Waals surface area contributed by atoms with Crippen LogP contribution in [-0.2, 0) is 6.54 Å². The van der Waals surface area contributed by atoms with Gasteiger partial charge in [-0.25, -0.2) is 9.18 Å². The molecule has 6 nitrogen and oxygen atoms in total. The average Bonchev–Trinajstić information content (AvgIpc) is 2.75. The summed E-state index contributed by atoms with van der Waals surface area (Å²) in [5.41, 5.74) is 2.67. The van der Waals surface area contributed by atoms with E-state index < -0.39 is 6.10 Å². The number of hydrogen-bond acceptors (Lipinski definition) is 4. The number of β-amino-alcohol motifs (C(OH)–C–C–N with tert-alkyl or cyclic N) is 1. The number of rotatable bonds is 7. The molecule has 2 N–H and O–H groups in total. The summed E-state index contributed by atoms with van der Waals surface area (Å²) in [5.74, 6) is 0.146. The van der Waals surface area contributed by atoms with Gasteiger partial charge in [0.2, 0.25) is 0 Å². The molecule has 0 spiro atoms. The number of likely N-dealkylation sites (tertiary alicyclic amines) is 1.